The third kappa shape index (κ3) is 4.56. The number of benzene rings is 2. The van der Waals surface area contributed by atoms with E-state index < -0.39 is 11.2 Å². The minimum absolute atomic E-state index is 0.177. The highest BCUT2D eigenvalue weighted by Gasteiger charge is 2.17. The lowest BCUT2D eigenvalue weighted by atomic mass is 10.1. The van der Waals surface area contributed by atoms with Gasteiger partial charge in [0.1, 0.15) is 17.2 Å². The van der Waals surface area contributed by atoms with Gasteiger partial charge in [-0.15, -0.1) is 0 Å². The van der Waals surface area contributed by atoms with Gasteiger partial charge >= 0.3 is 5.69 Å². The van der Waals surface area contributed by atoms with E-state index in [-0.39, 0.29) is 12.4 Å². The Morgan fingerprint density at radius 3 is 2.00 bits per heavy atom. The molecule has 30 heavy (non-hydrogen) atoms. The monoisotopic (exact) mass is 410 g/mol. The quantitative estimate of drug-likeness (QED) is 0.644. The second-order valence-electron chi connectivity index (χ2n) is 7.13. The molecule has 1 N–H and O–H groups in total. The van der Waals surface area contributed by atoms with Crippen molar-refractivity contribution in [2.75, 3.05) is 14.2 Å². The molecule has 0 amide bonds. The van der Waals surface area contributed by atoms with Gasteiger partial charge in [0, 0.05) is 6.07 Å². The number of hydrogen-bond donors (Lipinski definition) is 1. The SMILES string of the molecule is CCc1c(Oc2cc(C)cc(C)c2)n(Cc2cc(OC)cc(OC)c2)c(=O)[nH]c1=O. The van der Waals surface area contributed by atoms with Gasteiger partial charge in [-0.05, 0) is 61.2 Å². The highest BCUT2D eigenvalue weighted by atomic mass is 16.5. The zero-order valence-electron chi connectivity index (χ0n) is 17.9. The van der Waals surface area contributed by atoms with Gasteiger partial charge in [-0.25, -0.2) is 4.79 Å². The molecule has 0 aliphatic carbocycles. The Morgan fingerprint density at radius 1 is 0.867 bits per heavy atom. The molecule has 7 heteroatoms. The van der Waals surface area contributed by atoms with E-state index in [1.54, 1.807) is 20.3 Å². The zero-order chi connectivity index (χ0) is 21.8. The van der Waals surface area contributed by atoms with Crippen LogP contribution in [0.2, 0.25) is 0 Å². The van der Waals surface area contributed by atoms with Crippen LogP contribution in [0, 0.1) is 13.8 Å². The van der Waals surface area contributed by atoms with Crippen LogP contribution in [0.1, 0.15) is 29.2 Å². The van der Waals surface area contributed by atoms with Crippen molar-refractivity contribution in [2.24, 2.45) is 0 Å². The number of aromatic nitrogens is 2. The highest BCUT2D eigenvalue weighted by molar-refractivity contribution is 5.40. The molecule has 0 aliphatic rings. The number of rotatable bonds is 7. The van der Waals surface area contributed by atoms with Gasteiger partial charge in [0.15, 0.2) is 0 Å². The number of nitrogens with one attached hydrogen (secondary N) is 1. The molecule has 0 bridgehead atoms. The average Bonchev–Trinajstić information content (AvgIpc) is 2.70. The molecule has 3 rings (SSSR count). The van der Waals surface area contributed by atoms with Crippen molar-refractivity contribution in [3.05, 3.63) is 79.5 Å². The van der Waals surface area contributed by atoms with Crippen molar-refractivity contribution in [2.45, 2.75) is 33.7 Å². The summed E-state index contributed by atoms with van der Waals surface area (Å²) in [5, 5.41) is 0. The summed E-state index contributed by atoms with van der Waals surface area (Å²) < 4.78 is 18.2. The lowest BCUT2D eigenvalue weighted by Crippen LogP contribution is -2.33. The number of methoxy groups -OCH3 is 2. The fourth-order valence-corrected chi connectivity index (χ4v) is 3.41. The van der Waals surface area contributed by atoms with E-state index in [9.17, 15) is 9.59 Å². The van der Waals surface area contributed by atoms with E-state index in [0.717, 1.165) is 16.7 Å². The van der Waals surface area contributed by atoms with Gasteiger partial charge in [-0.2, -0.15) is 0 Å². The molecule has 0 radical (unpaired) electrons. The summed E-state index contributed by atoms with van der Waals surface area (Å²) in [6.45, 7) is 5.96. The van der Waals surface area contributed by atoms with Gasteiger partial charge < -0.3 is 14.2 Å². The lowest BCUT2D eigenvalue weighted by molar-refractivity contribution is 0.391. The highest BCUT2D eigenvalue weighted by Crippen LogP contribution is 2.27. The van der Waals surface area contributed by atoms with Crippen molar-refractivity contribution < 1.29 is 14.2 Å². The molecule has 3 aromatic rings. The number of ether oxygens (including phenoxy) is 3. The van der Waals surface area contributed by atoms with E-state index in [1.165, 1.54) is 4.57 Å². The summed E-state index contributed by atoms with van der Waals surface area (Å²) in [5.74, 6) is 2.02. The first-order chi connectivity index (χ1) is 14.3. The first kappa shape index (κ1) is 21.2. The molecule has 0 atom stereocenters. The largest absolute Gasteiger partial charge is 0.497 e. The zero-order valence-corrected chi connectivity index (χ0v) is 17.9. The molecule has 0 fully saturated rings. The molecule has 0 aliphatic heterocycles. The van der Waals surface area contributed by atoms with Crippen molar-refractivity contribution in [3.63, 3.8) is 0 Å². The molecular formula is C23H26N2O5. The van der Waals surface area contributed by atoms with Crippen molar-refractivity contribution in [3.8, 4) is 23.1 Å². The second kappa shape index (κ2) is 8.90. The van der Waals surface area contributed by atoms with E-state index in [1.807, 2.05) is 51.1 Å². The maximum atomic E-state index is 12.7. The Labute approximate surface area is 174 Å². The van der Waals surface area contributed by atoms with Crippen LogP contribution < -0.4 is 25.5 Å². The van der Waals surface area contributed by atoms with Crippen LogP contribution in [0.5, 0.6) is 23.1 Å². The predicted molar refractivity (Wildman–Crippen MR) is 115 cm³/mol. The maximum absolute atomic E-state index is 12.7. The van der Waals surface area contributed by atoms with Crippen LogP contribution in [-0.4, -0.2) is 23.8 Å². The topological polar surface area (TPSA) is 82.6 Å². The Hall–Kier alpha value is -3.48. The second-order valence-corrected chi connectivity index (χ2v) is 7.13. The molecule has 1 heterocycles. The summed E-state index contributed by atoms with van der Waals surface area (Å²) in [5.41, 5.74) is 2.25. The predicted octanol–water partition coefficient (Wildman–Crippen LogP) is 3.57. The molecule has 0 unspecified atom stereocenters. The molecule has 158 valence electrons. The van der Waals surface area contributed by atoms with E-state index >= 15 is 0 Å². The smallest absolute Gasteiger partial charge is 0.331 e. The standard InChI is InChI=1S/C23H26N2O5/c1-6-20-21(26)24-23(27)25(13-16-10-17(28-4)12-18(11-16)29-5)22(20)30-19-8-14(2)7-15(3)9-19/h7-12H,6,13H2,1-5H3,(H,24,26,27). The average molecular weight is 410 g/mol. The maximum Gasteiger partial charge on any atom is 0.331 e. The van der Waals surface area contributed by atoms with Gasteiger partial charge in [-0.3, -0.25) is 14.3 Å². The summed E-state index contributed by atoms with van der Waals surface area (Å²) in [7, 11) is 3.13. The number of H-pyrrole nitrogens is 1. The lowest BCUT2D eigenvalue weighted by Gasteiger charge is -2.17. The first-order valence-corrected chi connectivity index (χ1v) is 9.68. The van der Waals surface area contributed by atoms with Crippen LogP contribution in [0.4, 0.5) is 0 Å². The fraction of sp³-hybridized carbons (Fsp3) is 0.304. The summed E-state index contributed by atoms with van der Waals surface area (Å²) in [4.78, 5) is 27.6. The molecule has 0 saturated heterocycles. The summed E-state index contributed by atoms with van der Waals surface area (Å²) >= 11 is 0. The molecule has 2 aromatic carbocycles. The molecule has 0 saturated carbocycles. The van der Waals surface area contributed by atoms with Gasteiger partial charge in [0.2, 0.25) is 5.88 Å². The summed E-state index contributed by atoms with van der Waals surface area (Å²) in [6, 6.07) is 11.1. The van der Waals surface area contributed by atoms with E-state index in [0.29, 0.717) is 29.2 Å². The minimum atomic E-state index is -0.543. The molecular weight excluding hydrogens is 384 g/mol. The van der Waals surface area contributed by atoms with Crippen molar-refractivity contribution in [1.82, 2.24) is 9.55 Å². The number of aromatic amines is 1. The van der Waals surface area contributed by atoms with Gasteiger partial charge in [0.25, 0.3) is 5.56 Å². The molecule has 1 aromatic heterocycles. The van der Waals surface area contributed by atoms with Crippen LogP contribution in [-0.2, 0) is 13.0 Å². The van der Waals surface area contributed by atoms with E-state index in [2.05, 4.69) is 4.98 Å². The Kier molecular flexibility index (Phi) is 6.30. The first-order valence-electron chi connectivity index (χ1n) is 9.68. The minimum Gasteiger partial charge on any atom is -0.497 e. The van der Waals surface area contributed by atoms with Crippen LogP contribution in [0.15, 0.2) is 46.0 Å². The molecule has 0 spiro atoms. The van der Waals surface area contributed by atoms with E-state index in [4.69, 9.17) is 14.2 Å². The Balaban J connectivity index is 2.14. The van der Waals surface area contributed by atoms with Crippen LogP contribution in [0.3, 0.4) is 0 Å². The summed E-state index contributed by atoms with van der Waals surface area (Å²) in [6.07, 6.45) is 0.414. The Morgan fingerprint density at radius 2 is 1.47 bits per heavy atom. The third-order valence-corrected chi connectivity index (χ3v) is 4.76. The molecule has 7 nitrogen and oxygen atoms in total. The van der Waals surface area contributed by atoms with Crippen molar-refractivity contribution >= 4 is 0 Å². The number of hydrogen-bond acceptors (Lipinski definition) is 5. The normalized spacial score (nSPS) is 10.7. The van der Waals surface area contributed by atoms with Crippen LogP contribution >= 0.6 is 0 Å². The van der Waals surface area contributed by atoms with Crippen molar-refractivity contribution in [1.29, 1.82) is 0 Å². The van der Waals surface area contributed by atoms with Gasteiger partial charge in [0.05, 0.1) is 26.3 Å². The fourth-order valence-electron chi connectivity index (χ4n) is 3.41. The number of nitrogens with zero attached hydrogens (tertiary/aromatic N) is 1. The Bertz CT molecular complexity index is 1130. The van der Waals surface area contributed by atoms with Crippen LogP contribution in [0.25, 0.3) is 0 Å². The third-order valence-electron chi connectivity index (χ3n) is 4.76. The van der Waals surface area contributed by atoms with Gasteiger partial charge in [-0.1, -0.05) is 13.0 Å². The number of aryl methyl sites for hydroxylation is 2.